The minimum Gasteiger partial charge on any atom is -0.258 e. The molecule has 0 N–H and O–H groups in total. The van der Waals surface area contributed by atoms with Crippen LogP contribution < -0.4 is 0 Å². The lowest BCUT2D eigenvalue weighted by Crippen LogP contribution is -1.92. The Morgan fingerprint density at radius 1 is 1.05 bits per heavy atom. The molecule has 3 aromatic rings. The largest absolute Gasteiger partial charge is 0.277 e. The van der Waals surface area contributed by atoms with E-state index in [0.717, 1.165) is 27.5 Å². The summed E-state index contributed by atoms with van der Waals surface area (Å²) in [5, 5.41) is 13.6. The number of aromatic nitrogens is 1. The molecule has 1 aromatic heterocycles. The number of pyridine rings is 1. The molecular weight excluding hydrogens is 240 g/mol. The number of fused-ring (bicyclic) bond motifs is 3. The standard InChI is InChI=1S/C15H12N2O2/c1-9-8-10(2)16-15-11(9)6-7-12-13(15)4-3-5-14(12)17(18)19/h3-8H,1-2H3. The Kier molecular flexibility index (Phi) is 2.45. The summed E-state index contributed by atoms with van der Waals surface area (Å²) in [6.07, 6.45) is 0. The summed E-state index contributed by atoms with van der Waals surface area (Å²) in [4.78, 5) is 15.3. The van der Waals surface area contributed by atoms with E-state index in [4.69, 9.17) is 0 Å². The molecule has 3 rings (SSSR count). The van der Waals surface area contributed by atoms with Gasteiger partial charge in [-0.05, 0) is 31.5 Å². The molecule has 1 heterocycles. The summed E-state index contributed by atoms with van der Waals surface area (Å²) in [6, 6.07) is 10.9. The number of benzene rings is 2. The van der Waals surface area contributed by atoms with Gasteiger partial charge in [-0.3, -0.25) is 15.1 Å². The minimum absolute atomic E-state index is 0.125. The molecule has 0 unspecified atom stereocenters. The molecule has 19 heavy (non-hydrogen) atoms. The Labute approximate surface area is 109 Å². The third-order valence-corrected chi connectivity index (χ3v) is 3.35. The van der Waals surface area contributed by atoms with Gasteiger partial charge in [-0.2, -0.15) is 0 Å². The van der Waals surface area contributed by atoms with Gasteiger partial charge >= 0.3 is 0 Å². The maximum atomic E-state index is 11.1. The molecule has 0 atom stereocenters. The zero-order chi connectivity index (χ0) is 13.6. The number of aryl methyl sites for hydroxylation is 2. The third-order valence-electron chi connectivity index (χ3n) is 3.35. The molecule has 4 heteroatoms. The van der Waals surface area contributed by atoms with Gasteiger partial charge in [0.15, 0.2) is 0 Å². The van der Waals surface area contributed by atoms with Crippen molar-refractivity contribution in [2.24, 2.45) is 0 Å². The molecule has 0 bridgehead atoms. The van der Waals surface area contributed by atoms with Crippen molar-refractivity contribution in [1.82, 2.24) is 4.98 Å². The fraction of sp³-hybridized carbons (Fsp3) is 0.133. The van der Waals surface area contributed by atoms with E-state index in [2.05, 4.69) is 4.98 Å². The minimum atomic E-state index is -0.350. The van der Waals surface area contributed by atoms with Crippen LogP contribution in [0.1, 0.15) is 11.3 Å². The van der Waals surface area contributed by atoms with Crippen molar-refractivity contribution in [2.75, 3.05) is 0 Å². The Morgan fingerprint density at radius 2 is 1.79 bits per heavy atom. The van der Waals surface area contributed by atoms with Crippen molar-refractivity contribution in [1.29, 1.82) is 0 Å². The molecule has 0 radical (unpaired) electrons. The zero-order valence-corrected chi connectivity index (χ0v) is 10.7. The first kappa shape index (κ1) is 11.6. The van der Waals surface area contributed by atoms with E-state index >= 15 is 0 Å². The molecule has 4 nitrogen and oxygen atoms in total. The molecule has 0 saturated heterocycles. The fourth-order valence-electron chi connectivity index (χ4n) is 2.52. The van der Waals surface area contributed by atoms with E-state index in [0.29, 0.717) is 5.39 Å². The number of nitro groups is 1. The Hall–Kier alpha value is -2.49. The summed E-state index contributed by atoms with van der Waals surface area (Å²) < 4.78 is 0. The van der Waals surface area contributed by atoms with Crippen LogP contribution in [0.5, 0.6) is 0 Å². The van der Waals surface area contributed by atoms with Crippen LogP contribution in [0.25, 0.3) is 21.7 Å². The van der Waals surface area contributed by atoms with Gasteiger partial charge in [-0.25, -0.2) is 0 Å². The van der Waals surface area contributed by atoms with Crippen molar-refractivity contribution >= 4 is 27.4 Å². The van der Waals surface area contributed by atoms with Crippen LogP contribution in [0.2, 0.25) is 0 Å². The van der Waals surface area contributed by atoms with Crippen LogP contribution in [-0.2, 0) is 0 Å². The van der Waals surface area contributed by atoms with Crippen LogP contribution in [0.4, 0.5) is 5.69 Å². The van der Waals surface area contributed by atoms with Crippen LogP contribution >= 0.6 is 0 Å². The topological polar surface area (TPSA) is 56.0 Å². The number of hydrogen-bond acceptors (Lipinski definition) is 3. The van der Waals surface area contributed by atoms with Gasteiger partial charge in [0.05, 0.1) is 15.8 Å². The summed E-state index contributed by atoms with van der Waals surface area (Å²) in [6.45, 7) is 3.96. The Morgan fingerprint density at radius 3 is 2.53 bits per heavy atom. The number of nitrogens with zero attached hydrogens (tertiary/aromatic N) is 2. The summed E-state index contributed by atoms with van der Waals surface area (Å²) >= 11 is 0. The van der Waals surface area contributed by atoms with Crippen molar-refractivity contribution in [2.45, 2.75) is 13.8 Å². The molecule has 0 spiro atoms. The second-order valence-corrected chi connectivity index (χ2v) is 4.67. The van der Waals surface area contributed by atoms with Crippen LogP contribution in [-0.4, -0.2) is 9.91 Å². The predicted octanol–water partition coefficient (Wildman–Crippen LogP) is 3.91. The lowest BCUT2D eigenvalue weighted by atomic mass is 10.0. The van der Waals surface area contributed by atoms with E-state index < -0.39 is 0 Å². The normalized spacial score (nSPS) is 11.1. The van der Waals surface area contributed by atoms with Gasteiger partial charge in [0.1, 0.15) is 0 Å². The molecule has 2 aromatic carbocycles. The molecule has 0 aliphatic carbocycles. The molecule has 0 amide bonds. The van der Waals surface area contributed by atoms with E-state index in [1.165, 1.54) is 6.07 Å². The Bertz CT molecular complexity index is 825. The smallest absolute Gasteiger partial charge is 0.258 e. The highest BCUT2D eigenvalue weighted by Gasteiger charge is 2.14. The maximum Gasteiger partial charge on any atom is 0.277 e. The quantitative estimate of drug-likeness (QED) is 0.375. The molecule has 0 fully saturated rings. The van der Waals surface area contributed by atoms with Crippen molar-refractivity contribution < 1.29 is 4.92 Å². The van der Waals surface area contributed by atoms with Crippen LogP contribution in [0.15, 0.2) is 36.4 Å². The lowest BCUT2D eigenvalue weighted by Gasteiger charge is -2.07. The second kappa shape index (κ2) is 4.02. The highest BCUT2D eigenvalue weighted by atomic mass is 16.6. The maximum absolute atomic E-state index is 11.1. The molecule has 0 aliphatic heterocycles. The fourth-order valence-corrected chi connectivity index (χ4v) is 2.52. The highest BCUT2D eigenvalue weighted by Crippen LogP contribution is 2.31. The lowest BCUT2D eigenvalue weighted by molar-refractivity contribution is -0.383. The summed E-state index contributed by atoms with van der Waals surface area (Å²) in [7, 11) is 0. The zero-order valence-electron chi connectivity index (χ0n) is 10.7. The highest BCUT2D eigenvalue weighted by molar-refractivity contribution is 6.09. The van der Waals surface area contributed by atoms with Gasteiger partial charge in [0.25, 0.3) is 5.69 Å². The van der Waals surface area contributed by atoms with Crippen LogP contribution in [0.3, 0.4) is 0 Å². The van der Waals surface area contributed by atoms with Crippen molar-refractivity contribution in [3.05, 3.63) is 57.8 Å². The Balaban J connectivity index is 2.54. The van der Waals surface area contributed by atoms with E-state index in [1.807, 2.05) is 32.0 Å². The number of rotatable bonds is 1. The van der Waals surface area contributed by atoms with E-state index in [-0.39, 0.29) is 10.6 Å². The molecular formula is C15H12N2O2. The average molecular weight is 252 g/mol. The van der Waals surface area contributed by atoms with Gasteiger partial charge in [0.2, 0.25) is 0 Å². The predicted molar refractivity (Wildman–Crippen MR) is 75.4 cm³/mol. The van der Waals surface area contributed by atoms with Crippen molar-refractivity contribution in [3.8, 4) is 0 Å². The van der Waals surface area contributed by atoms with Gasteiger partial charge in [-0.1, -0.05) is 18.2 Å². The SMILES string of the molecule is Cc1cc(C)c2ccc3c([N+](=O)[O-])cccc3c2n1. The van der Waals surface area contributed by atoms with Crippen LogP contribution in [0, 0.1) is 24.0 Å². The van der Waals surface area contributed by atoms with Gasteiger partial charge in [-0.15, -0.1) is 0 Å². The first-order valence-electron chi connectivity index (χ1n) is 6.02. The summed E-state index contributed by atoms with van der Waals surface area (Å²) in [5.74, 6) is 0. The first-order chi connectivity index (χ1) is 9.08. The first-order valence-corrected chi connectivity index (χ1v) is 6.02. The molecule has 0 saturated carbocycles. The van der Waals surface area contributed by atoms with E-state index in [1.54, 1.807) is 12.1 Å². The summed E-state index contributed by atoms with van der Waals surface area (Å²) in [5.41, 5.74) is 3.01. The van der Waals surface area contributed by atoms with Gasteiger partial charge in [0, 0.05) is 22.5 Å². The third kappa shape index (κ3) is 1.73. The number of hydrogen-bond donors (Lipinski definition) is 0. The van der Waals surface area contributed by atoms with Gasteiger partial charge < -0.3 is 0 Å². The monoisotopic (exact) mass is 252 g/mol. The molecule has 94 valence electrons. The van der Waals surface area contributed by atoms with Crippen molar-refractivity contribution in [3.63, 3.8) is 0 Å². The number of nitro benzene ring substituents is 1. The second-order valence-electron chi connectivity index (χ2n) is 4.67. The van der Waals surface area contributed by atoms with E-state index in [9.17, 15) is 10.1 Å². The average Bonchev–Trinajstić information content (AvgIpc) is 2.37. The molecule has 0 aliphatic rings. The number of non-ortho nitro benzene ring substituents is 1.